The number of aliphatic hydroxyl groups excluding tert-OH is 1. The molecule has 1 saturated carbocycles. The lowest BCUT2D eigenvalue weighted by Gasteiger charge is -2.37. The number of rotatable bonds is 5. The third-order valence-electron chi connectivity index (χ3n) is 3.53. The standard InChI is InChI=1S/C14H18FNO2S/c15-12-6-5-10(9-13(12)19)14(18)16(7-2-8-17)11-3-1-4-11/h5-6,9,11,17,19H,1-4,7-8H2. The van der Waals surface area contributed by atoms with Crippen LogP contribution >= 0.6 is 12.6 Å². The lowest BCUT2D eigenvalue weighted by molar-refractivity contribution is 0.0562. The van der Waals surface area contributed by atoms with Gasteiger partial charge >= 0.3 is 0 Å². The van der Waals surface area contributed by atoms with Crippen molar-refractivity contribution < 1.29 is 14.3 Å². The van der Waals surface area contributed by atoms with Gasteiger partial charge in [0.05, 0.1) is 0 Å². The van der Waals surface area contributed by atoms with Crippen molar-refractivity contribution in [2.75, 3.05) is 13.2 Å². The number of carbonyl (C=O) groups excluding carboxylic acids is 1. The molecule has 0 bridgehead atoms. The number of benzene rings is 1. The Morgan fingerprint density at radius 2 is 2.21 bits per heavy atom. The Morgan fingerprint density at radius 1 is 1.47 bits per heavy atom. The van der Waals surface area contributed by atoms with E-state index in [1.807, 2.05) is 0 Å². The van der Waals surface area contributed by atoms with Crippen LogP contribution in [0.5, 0.6) is 0 Å². The van der Waals surface area contributed by atoms with Crippen molar-refractivity contribution in [3.8, 4) is 0 Å². The van der Waals surface area contributed by atoms with E-state index in [2.05, 4.69) is 12.6 Å². The molecule has 1 aliphatic carbocycles. The largest absolute Gasteiger partial charge is 0.396 e. The molecular weight excluding hydrogens is 265 g/mol. The highest BCUT2D eigenvalue weighted by molar-refractivity contribution is 7.80. The minimum absolute atomic E-state index is 0.0672. The molecule has 5 heteroatoms. The Bertz CT molecular complexity index is 463. The predicted molar refractivity (Wildman–Crippen MR) is 74.0 cm³/mol. The van der Waals surface area contributed by atoms with Crippen LogP contribution in [0.2, 0.25) is 0 Å². The first-order valence-electron chi connectivity index (χ1n) is 6.54. The first-order valence-corrected chi connectivity index (χ1v) is 6.98. The fraction of sp³-hybridized carbons (Fsp3) is 0.500. The fourth-order valence-corrected chi connectivity index (χ4v) is 2.41. The molecule has 2 rings (SSSR count). The summed E-state index contributed by atoms with van der Waals surface area (Å²) < 4.78 is 13.2. The van der Waals surface area contributed by atoms with Crippen LogP contribution in [-0.2, 0) is 0 Å². The zero-order valence-electron chi connectivity index (χ0n) is 10.7. The average molecular weight is 283 g/mol. The number of carbonyl (C=O) groups is 1. The summed E-state index contributed by atoms with van der Waals surface area (Å²) in [6, 6.07) is 4.47. The summed E-state index contributed by atoms with van der Waals surface area (Å²) in [6.07, 6.45) is 3.71. The summed E-state index contributed by atoms with van der Waals surface area (Å²) in [4.78, 5) is 14.4. The summed E-state index contributed by atoms with van der Waals surface area (Å²) >= 11 is 4.00. The molecule has 0 atom stereocenters. The smallest absolute Gasteiger partial charge is 0.254 e. The number of aliphatic hydroxyl groups is 1. The lowest BCUT2D eigenvalue weighted by atomic mass is 9.90. The molecule has 3 nitrogen and oxygen atoms in total. The molecule has 0 aliphatic heterocycles. The third kappa shape index (κ3) is 3.28. The molecular formula is C14H18FNO2S. The number of thiol groups is 1. The average Bonchev–Trinajstić information content (AvgIpc) is 2.34. The molecule has 0 aromatic heterocycles. The van der Waals surface area contributed by atoms with E-state index >= 15 is 0 Å². The second-order valence-electron chi connectivity index (χ2n) is 4.83. The minimum Gasteiger partial charge on any atom is -0.396 e. The molecule has 0 unspecified atom stereocenters. The van der Waals surface area contributed by atoms with Crippen molar-refractivity contribution in [2.45, 2.75) is 36.6 Å². The maximum Gasteiger partial charge on any atom is 0.254 e. The van der Waals surface area contributed by atoms with Crippen LogP contribution in [-0.4, -0.2) is 35.1 Å². The Hall–Kier alpha value is -1.07. The first kappa shape index (κ1) is 14.3. The van der Waals surface area contributed by atoms with Gasteiger partial charge in [0.2, 0.25) is 0 Å². The van der Waals surface area contributed by atoms with Crippen molar-refractivity contribution in [2.24, 2.45) is 0 Å². The maximum absolute atomic E-state index is 13.2. The van der Waals surface area contributed by atoms with Crippen molar-refractivity contribution in [3.05, 3.63) is 29.6 Å². The monoisotopic (exact) mass is 283 g/mol. The number of halogens is 1. The van der Waals surface area contributed by atoms with Gasteiger partial charge in [-0.2, -0.15) is 0 Å². The number of amides is 1. The zero-order valence-corrected chi connectivity index (χ0v) is 11.6. The van der Waals surface area contributed by atoms with Gasteiger partial charge in [0, 0.05) is 29.7 Å². The maximum atomic E-state index is 13.2. The molecule has 0 saturated heterocycles. The minimum atomic E-state index is -0.426. The lowest BCUT2D eigenvalue weighted by Crippen LogP contribution is -2.45. The van der Waals surface area contributed by atoms with E-state index in [-0.39, 0.29) is 23.5 Å². The predicted octanol–water partition coefficient (Wildman–Crippen LogP) is 2.49. The molecule has 0 radical (unpaired) electrons. The van der Waals surface area contributed by atoms with E-state index in [9.17, 15) is 9.18 Å². The van der Waals surface area contributed by atoms with Gasteiger partial charge in [-0.1, -0.05) is 0 Å². The number of nitrogens with zero attached hydrogens (tertiary/aromatic N) is 1. The van der Waals surface area contributed by atoms with Crippen LogP contribution in [0.4, 0.5) is 4.39 Å². The Balaban J connectivity index is 2.15. The molecule has 1 amide bonds. The molecule has 0 heterocycles. The Morgan fingerprint density at radius 3 is 2.74 bits per heavy atom. The van der Waals surface area contributed by atoms with E-state index in [0.29, 0.717) is 18.5 Å². The molecule has 1 fully saturated rings. The number of hydrogen-bond acceptors (Lipinski definition) is 3. The van der Waals surface area contributed by atoms with E-state index < -0.39 is 5.82 Å². The van der Waals surface area contributed by atoms with E-state index in [1.165, 1.54) is 18.2 Å². The van der Waals surface area contributed by atoms with Crippen molar-refractivity contribution in [3.63, 3.8) is 0 Å². The Labute approximate surface area is 117 Å². The topological polar surface area (TPSA) is 40.5 Å². The molecule has 1 aliphatic rings. The van der Waals surface area contributed by atoms with Crippen LogP contribution in [0.1, 0.15) is 36.0 Å². The van der Waals surface area contributed by atoms with Gasteiger partial charge in [-0.05, 0) is 43.9 Å². The highest BCUT2D eigenvalue weighted by atomic mass is 32.1. The van der Waals surface area contributed by atoms with Gasteiger partial charge in [0.1, 0.15) is 5.82 Å². The van der Waals surface area contributed by atoms with Gasteiger partial charge in [0.25, 0.3) is 5.91 Å². The molecule has 1 N–H and O–H groups in total. The van der Waals surface area contributed by atoms with E-state index in [0.717, 1.165) is 19.3 Å². The van der Waals surface area contributed by atoms with Crippen molar-refractivity contribution in [1.29, 1.82) is 0 Å². The first-order chi connectivity index (χ1) is 9.13. The van der Waals surface area contributed by atoms with Crippen molar-refractivity contribution in [1.82, 2.24) is 4.90 Å². The molecule has 104 valence electrons. The highest BCUT2D eigenvalue weighted by Gasteiger charge is 2.29. The Kier molecular flexibility index (Phi) is 4.82. The quantitative estimate of drug-likeness (QED) is 0.815. The van der Waals surface area contributed by atoms with E-state index in [1.54, 1.807) is 4.90 Å². The molecule has 19 heavy (non-hydrogen) atoms. The molecule has 1 aromatic carbocycles. The van der Waals surface area contributed by atoms with Crippen LogP contribution in [0.25, 0.3) is 0 Å². The third-order valence-corrected chi connectivity index (χ3v) is 3.87. The van der Waals surface area contributed by atoms with Gasteiger partial charge in [0.15, 0.2) is 0 Å². The normalized spacial score (nSPS) is 15.1. The van der Waals surface area contributed by atoms with Gasteiger partial charge in [-0.25, -0.2) is 4.39 Å². The second-order valence-corrected chi connectivity index (χ2v) is 5.31. The van der Waals surface area contributed by atoms with Gasteiger partial charge < -0.3 is 10.0 Å². The summed E-state index contributed by atoms with van der Waals surface area (Å²) in [5, 5.41) is 8.92. The van der Waals surface area contributed by atoms with Crippen molar-refractivity contribution >= 4 is 18.5 Å². The summed E-state index contributed by atoms with van der Waals surface area (Å²) in [7, 11) is 0. The van der Waals surface area contributed by atoms with Gasteiger partial charge in [-0.3, -0.25) is 4.79 Å². The SMILES string of the molecule is O=C(c1ccc(F)c(S)c1)N(CCCO)C1CCC1. The number of hydrogen-bond donors (Lipinski definition) is 2. The van der Waals surface area contributed by atoms with Crippen LogP contribution in [0, 0.1) is 5.82 Å². The fourth-order valence-electron chi connectivity index (χ4n) is 2.20. The van der Waals surface area contributed by atoms with Crippen LogP contribution < -0.4 is 0 Å². The van der Waals surface area contributed by atoms with Gasteiger partial charge in [-0.15, -0.1) is 12.6 Å². The summed E-state index contributed by atoms with van der Waals surface area (Å²) in [5.74, 6) is -0.529. The molecule has 0 spiro atoms. The highest BCUT2D eigenvalue weighted by Crippen LogP contribution is 2.27. The summed E-state index contributed by atoms with van der Waals surface area (Å²) in [6.45, 7) is 0.608. The molecule has 1 aromatic rings. The zero-order chi connectivity index (χ0) is 13.8. The van der Waals surface area contributed by atoms with Crippen LogP contribution in [0.3, 0.4) is 0 Å². The second kappa shape index (κ2) is 6.39. The van der Waals surface area contributed by atoms with E-state index in [4.69, 9.17) is 5.11 Å². The van der Waals surface area contributed by atoms with Crippen LogP contribution in [0.15, 0.2) is 23.1 Å². The summed E-state index contributed by atoms with van der Waals surface area (Å²) in [5.41, 5.74) is 0.455.